The van der Waals surface area contributed by atoms with E-state index in [1.807, 2.05) is 49.7 Å². The van der Waals surface area contributed by atoms with Gasteiger partial charge >= 0.3 is 0 Å². The fourth-order valence-corrected chi connectivity index (χ4v) is 5.02. The van der Waals surface area contributed by atoms with Gasteiger partial charge < -0.3 is 13.7 Å². The fraction of sp³-hybridized carbons (Fsp3) is 0.400. The number of sulfonamides is 1. The van der Waals surface area contributed by atoms with Crippen molar-refractivity contribution in [1.29, 1.82) is 0 Å². The van der Waals surface area contributed by atoms with Gasteiger partial charge in [0.15, 0.2) is 0 Å². The minimum Gasteiger partial charge on any atom is -0.494 e. The molecule has 8 nitrogen and oxygen atoms in total. The van der Waals surface area contributed by atoms with Crippen LogP contribution in [0.25, 0.3) is 11.5 Å². The highest BCUT2D eigenvalue weighted by molar-refractivity contribution is 7.89. The average molecular weight is 419 g/mol. The van der Waals surface area contributed by atoms with E-state index < -0.39 is 16.1 Å². The van der Waals surface area contributed by atoms with Crippen molar-refractivity contribution < 1.29 is 17.6 Å². The van der Waals surface area contributed by atoms with Crippen LogP contribution >= 0.6 is 0 Å². The van der Waals surface area contributed by atoms with E-state index in [2.05, 4.69) is 14.9 Å². The summed E-state index contributed by atoms with van der Waals surface area (Å²) in [5.41, 5.74) is 2.59. The van der Waals surface area contributed by atoms with Gasteiger partial charge in [-0.1, -0.05) is 12.1 Å². The molecule has 0 radical (unpaired) electrons. The summed E-state index contributed by atoms with van der Waals surface area (Å²) in [6, 6.07) is 6.92. The van der Waals surface area contributed by atoms with E-state index in [0.29, 0.717) is 23.8 Å². The van der Waals surface area contributed by atoms with Crippen LogP contribution in [0.2, 0.25) is 0 Å². The molecule has 0 saturated heterocycles. The molecular formula is C20H26N4O4S. The van der Waals surface area contributed by atoms with Crippen LogP contribution in [0, 0.1) is 20.8 Å². The third-order valence-corrected chi connectivity index (χ3v) is 6.66. The van der Waals surface area contributed by atoms with Gasteiger partial charge in [0.2, 0.25) is 15.9 Å². The van der Waals surface area contributed by atoms with E-state index in [9.17, 15) is 8.42 Å². The highest BCUT2D eigenvalue weighted by Gasteiger charge is 2.31. The smallest absolute Gasteiger partial charge is 0.250 e. The molecule has 9 heteroatoms. The van der Waals surface area contributed by atoms with Crippen LogP contribution in [0.4, 0.5) is 0 Å². The van der Waals surface area contributed by atoms with Crippen LogP contribution in [0.15, 0.2) is 33.6 Å². The van der Waals surface area contributed by atoms with E-state index in [1.165, 1.54) is 0 Å². The zero-order valence-electron chi connectivity index (χ0n) is 17.5. The van der Waals surface area contributed by atoms with Crippen LogP contribution in [0.1, 0.15) is 42.7 Å². The van der Waals surface area contributed by atoms with Crippen molar-refractivity contribution in [2.75, 3.05) is 6.61 Å². The quantitative estimate of drug-likeness (QED) is 0.631. The maximum Gasteiger partial charge on any atom is 0.250 e. The Kier molecular flexibility index (Phi) is 5.81. The summed E-state index contributed by atoms with van der Waals surface area (Å²) >= 11 is 0. The molecule has 0 aliphatic heterocycles. The van der Waals surface area contributed by atoms with Gasteiger partial charge in [-0.3, -0.25) is 0 Å². The summed E-state index contributed by atoms with van der Waals surface area (Å²) in [6.07, 6.45) is 0. The molecule has 3 aromatic rings. The van der Waals surface area contributed by atoms with Gasteiger partial charge in [0.25, 0.3) is 5.89 Å². The summed E-state index contributed by atoms with van der Waals surface area (Å²) in [7, 11) is -2.05. The number of aromatic nitrogens is 3. The van der Waals surface area contributed by atoms with E-state index in [0.717, 1.165) is 17.0 Å². The number of aryl methyl sites for hydroxylation is 1. The van der Waals surface area contributed by atoms with Gasteiger partial charge in [0.1, 0.15) is 10.6 Å². The zero-order chi connectivity index (χ0) is 21.3. The van der Waals surface area contributed by atoms with Crippen molar-refractivity contribution in [3.05, 3.63) is 47.1 Å². The molecule has 156 valence electrons. The Morgan fingerprint density at radius 2 is 1.79 bits per heavy atom. The fourth-order valence-electron chi connectivity index (χ4n) is 3.27. The van der Waals surface area contributed by atoms with Crippen molar-refractivity contribution in [2.24, 2.45) is 7.05 Å². The molecule has 3 rings (SSSR count). The van der Waals surface area contributed by atoms with Gasteiger partial charge in [-0.15, -0.1) is 10.2 Å². The van der Waals surface area contributed by atoms with Gasteiger partial charge in [-0.05, 0) is 45.4 Å². The summed E-state index contributed by atoms with van der Waals surface area (Å²) in [6.45, 7) is 9.55. The van der Waals surface area contributed by atoms with Gasteiger partial charge in [0.05, 0.1) is 12.2 Å². The van der Waals surface area contributed by atoms with E-state index in [-0.39, 0.29) is 10.8 Å². The first-order chi connectivity index (χ1) is 13.7. The average Bonchev–Trinajstić information content (AvgIpc) is 3.19. The molecule has 0 saturated carbocycles. The zero-order valence-corrected chi connectivity index (χ0v) is 18.3. The first-order valence-corrected chi connectivity index (χ1v) is 10.9. The summed E-state index contributed by atoms with van der Waals surface area (Å²) in [5, 5.41) is 7.88. The van der Waals surface area contributed by atoms with Crippen molar-refractivity contribution >= 4 is 10.0 Å². The lowest BCUT2D eigenvalue weighted by atomic mass is 10.1. The molecule has 0 fully saturated rings. The van der Waals surface area contributed by atoms with Crippen LogP contribution in [0.5, 0.6) is 5.75 Å². The molecule has 2 aromatic heterocycles. The van der Waals surface area contributed by atoms with Gasteiger partial charge in [0, 0.05) is 31.4 Å². The Bertz CT molecular complexity index is 1110. The Balaban J connectivity index is 1.98. The maximum absolute atomic E-state index is 13.3. The Morgan fingerprint density at radius 3 is 2.34 bits per heavy atom. The Labute approximate surface area is 171 Å². The number of hydrogen-bond donors (Lipinski definition) is 1. The third kappa shape index (κ3) is 4.06. The lowest BCUT2D eigenvalue weighted by molar-refractivity contribution is 0.340. The largest absolute Gasteiger partial charge is 0.494 e. The van der Waals surface area contributed by atoms with E-state index in [4.69, 9.17) is 9.15 Å². The second-order valence-electron chi connectivity index (χ2n) is 6.91. The number of nitrogens with zero attached hydrogens (tertiary/aromatic N) is 3. The van der Waals surface area contributed by atoms with Crippen LogP contribution in [-0.2, 0) is 17.1 Å². The van der Waals surface area contributed by atoms with E-state index in [1.54, 1.807) is 20.8 Å². The molecule has 1 aromatic carbocycles. The van der Waals surface area contributed by atoms with Crippen molar-refractivity contribution in [3.8, 4) is 17.2 Å². The Hall–Kier alpha value is -2.65. The highest BCUT2D eigenvalue weighted by atomic mass is 32.2. The van der Waals surface area contributed by atoms with Crippen LogP contribution in [0.3, 0.4) is 0 Å². The monoisotopic (exact) mass is 418 g/mol. The second-order valence-corrected chi connectivity index (χ2v) is 8.56. The van der Waals surface area contributed by atoms with Crippen LogP contribution in [-0.4, -0.2) is 29.8 Å². The number of hydrogen-bond acceptors (Lipinski definition) is 6. The number of nitrogens with one attached hydrogen (secondary N) is 1. The van der Waals surface area contributed by atoms with Gasteiger partial charge in [-0.25, -0.2) is 13.1 Å². The molecule has 0 amide bonds. The first kappa shape index (κ1) is 21.1. The SMILES string of the molecule is CCOc1ccc([C@H](C)NS(=O)(=O)c2c(-c3nnc(C)o3)c(C)n(C)c2C)cc1. The highest BCUT2D eigenvalue weighted by Crippen LogP contribution is 2.35. The lowest BCUT2D eigenvalue weighted by Gasteiger charge is -2.16. The molecule has 0 spiro atoms. The predicted octanol–water partition coefficient (Wildman–Crippen LogP) is 3.44. The van der Waals surface area contributed by atoms with Crippen molar-refractivity contribution in [3.63, 3.8) is 0 Å². The lowest BCUT2D eigenvalue weighted by Crippen LogP contribution is -2.27. The minimum atomic E-state index is -3.86. The topological polar surface area (TPSA) is 99.2 Å². The number of ether oxygens (including phenoxy) is 1. The molecule has 29 heavy (non-hydrogen) atoms. The number of benzene rings is 1. The molecule has 1 N–H and O–H groups in total. The van der Waals surface area contributed by atoms with Crippen LogP contribution < -0.4 is 9.46 Å². The molecular weight excluding hydrogens is 392 g/mol. The second kappa shape index (κ2) is 8.00. The summed E-state index contributed by atoms with van der Waals surface area (Å²) in [4.78, 5) is 0.152. The van der Waals surface area contributed by atoms with Gasteiger partial charge in [-0.2, -0.15) is 0 Å². The molecule has 2 heterocycles. The standard InChI is InChI=1S/C20H26N4O4S/c1-7-27-17-10-8-16(9-11-17)12(2)23-29(25,26)19-14(4)24(6)13(3)18(19)20-22-21-15(5)28-20/h8-12,23H,7H2,1-6H3/t12-/m0/s1. The number of rotatable bonds is 7. The molecule has 1 atom stereocenters. The summed E-state index contributed by atoms with van der Waals surface area (Å²) < 4.78 is 42.2. The molecule has 0 bridgehead atoms. The molecule has 0 unspecified atom stereocenters. The predicted molar refractivity (Wildman–Crippen MR) is 109 cm³/mol. The Morgan fingerprint density at radius 1 is 1.14 bits per heavy atom. The molecule has 0 aliphatic carbocycles. The summed E-state index contributed by atoms with van der Waals surface area (Å²) in [5.74, 6) is 1.31. The maximum atomic E-state index is 13.3. The van der Waals surface area contributed by atoms with Crippen molar-refractivity contribution in [1.82, 2.24) is 19.5 Å². The minimum absolute atomic E-state index is 0.152. The van der Waals surface area contributed by atoms with E-state index >= 15 is 0 Å². The third-order valence-electron chi connectivity index (χ3n) is 4.96. The normalized spacial score (nSPS) is 12.9. The molecule has 0 aliphatic rings. The van der Waals surface area contributed by atoms with Crippen molar-refractivity contribution in [2.45, 2.75) is 45.6 Å². The first-order valence-electron chi connectivity index (χ1n) is 9.37.